The zero-order valence-electron chi connectivity index (χ0n) is 18.8. The van der Waals surface area contributed by atoms with Gasteiger partial charge in [-0.25, -0.2) is 4.98 Å². The number of hydrogen-bond donors (Lipinski definition) is 1. The second-order valence-corrected chi connectivity index (χ2v) is 9.75. The molecule has 10 heteroatoms. The Hall–Kier alpha value is -2.46. The number of aliphatic hydroxyl groups is 1. The Labute approximate surface area is 210 Å². The van der Waals surface area contributed by atoms with Crippen LogP contribution in [0.3, 0.4) is 0 Å². The number of amides is 1. The molecule has 35 heavy (non-hydrogen) atoms. The third kappa shape index (κ3) is 6.61. The molecule has 1 amide bonds. The van der Waals surface area contributed by atoms with Gasteiger partial charge in [-0.3, -0.25) is 9.69 Å². The number of carbonyl (C=O) groups is 1. The third-order valence-corrected chi connectivity index (χ3v) is 6.97. The molecule has 0 bridgehead atoms. The number of likely N-dealkylation sites (tertiary alicyclic amines) is 1. The number of anilines is 2. The van der Waals surface area contributed by atoms with Gasteiger partial charge in [0.2, 0.25) is 5.91 Å². The van der Waals surface area contributed by atoms with E-state index in [2.05, 4.69) is 9.88 Å². The highest BCUT2D eigenvalue weighted by molar-refractivity contribution is 7.14. The second kappa shape index (κ2) is 11.1. The normalized spacial score (nSPS) is 15.3. The van der Waals surface area contributed by atoms with Crippen LogP contribution in [0.5, 0.6) is 0 Å². The molecular weight excluding hydrogens is 499 g/mol. The molecule has 2 aromatic carbocycles. The highest BCUT2D eigenvalue weighted by atomic mass is 35.5. The summed E-state index contributed by atoms with van der Waals surface area (Å²) >= 11 is 7.27. The number of piperidine rings is 1. The van der Waals surface area contributed by atoms with E-state index in [0.29, 0.717) is 41.7 Å². The van der Waals surface area contributed by atoms with E-state index in [9.17, 15) is 23.1 Å². The van der Waals surface area contributed by atoms with Gasteiger partial charge in [0.15, 0.2) is 5.13 Å². The third-order valence-electron chi connectivity index (χ3n) is 5.91. The Morgan fingerprint density at radius 3 is 2.63 bits per heavy atom. The van der Waals surface area contributed by atoms with E-state index in [0.717, 1.165) is 30.8 Å². The first kappa shape index (κ1) is 25.6. The average molecular weight is 524 g/mol. The fourth-order valence-electron chi connectivity index (χ4n) is 4.04. The van der Waals surface area contributed by atoms with Gasteiger partial charge < -0.3 is 10.0 Å². The van der Waals surface area contributed by atoms with Gasteiger partial charge in [0.25, 0.3) is 0 Å². The highest BCUT2D eigenvalue weighted by Gasteiger charge is 2.32. The molecule has 1 aliphatic rings. The van der Waals surface area contributed by atoms with Gasteiger partial charge in [0, 0.05) is 35.5 Å². The summed E-state index contributed by atoms with van der Waals surface area (Å²) in [5.74, 6) is -0.326. The first-order chi connectivity index (χ1) is 16.7. The van der Waals surface area contributed by atoms with Crippen LogP contribution in [0.2, 0.25) is 5.02 Å². The number of hydrogen-bond acceptors (Lipinski definition) is 5. The molecular formula is C25H25ClF3N3O2S. The predicted octanol–water partition coefficient (Wildman–Crippen LogP) is 6.38. The van der Waals surface area contributed by atoms with E-state index in [-0.39, 0.29) is 24.1 Å². The molecule has 5 nitrogen and oxygen atoms in total. The van der Waals surface area contributed by atoms with E-state index < -0.39 is 11.7 Å². The fourth-order valence-corrected chi connectivity index (χ4v) is 5.10. The van der Waals surface area contributed by atoms with Gasteiger partial charge in [0.1, 0.15) is 0 Å². The number of thiazole rings is 1. The average Bonchev–Trinajstić information content (AvgIpc) is 3.30. The smallest absolute Gasteiger partial charge is 0.393 e. The minimum atomic E-state index is -4.53. The Kier molecular flexibility index (Phi) is 8.11. The van der Waals surface area contributed by atoms with Crippen molar-refractivity contribution in [2.24, 2.45) is 0 Å². The van der Waals surface area contributed by atoms with Crippen molar-refractivity contribution >= 4 is 39.7 Å². The van der Waals surface area contributed by atoms with Crippen molar-refractivity contribution in [3.63, 3.8) is 0 Å². The molecule has 186 valence electrons. The van der Waals surface area contributed by atoms with Crippen LogP contribution in [0.15, 0.2) is 53.9 Å². The van der Waals surface area contributed by atoms with Crippen LogP contribution in [0.4, 0.5) is 24.0 Å². The van der Waals surface area contributed by atoms with E-state index in [1.54, 1.807) is 23.6 Å². The number of halogens is 4. The van der Waals surface area contributed by atoms with Crippen molar-refractivity contribution < 1.29 is 23.1 Å². The minimum Gasteiger partial charge on any atom is -0.393 e. The number of benzene rings is 2. The molecule has 0 spiro atoms. The van der Waals surface area contributed by atoms with Crippen LogP contribution >= 0.6 is 22.9 Å². The molecule has 1 aliphatic heterocycles. The number of rotatable bonds is 7. The van der Waals surface area contributed by atoms with Crippen molar-refractivity contribution in [3.8, 4) is 11.3 Å². The lowest BCUT2D eigenvalue weighted by Gasteiger charge is -2.29. The summed E-state index contributed by atoms with van der Waals surface area (Å²) in [7, 11) is 0. The second-order valence-electron chi connectivity index (χ2n) is 8.48. The van der Waals surface area contributed by atoms with Gasteiger partial charge in [-0.15, -0.1) is 11.3 Å². The first-order valence-corrected chi connectivity index (χ1v) is 12.6. The highest BCUT2D eigenvalue weighted by Crippen LogP contribution is 2.37. The fraction of sp³-hybridized carbons (Fsp3) is 0.360. The molecule has 0 saturated carbocycles. The van der Waals surface area contributed by atoms with E-state index in [4.69, 9.17) is 11.6 Å². The predicted molar refractivity (Wildman–Crippen MR) is 132 cm³/mol. The maximum absolute atomic E-state index is 13.4. The van der Waals surface area contributed by atoms with Gasteiger partial charge in [-0.2, -0.15) is 13.2 Å². The SMILES string of the molecule is O=C(CCCN1CCC(O)CC1)N(c1cccc(C(F)(F)F)c1)c1nc(-c2cccc(Cl)c2)cs1. The van der Waals surface area contributed by atoms with Crippen LogP contribution in [-0.2, 0) is 11.0 Å². The summed E-state index contributed by atoms with van der Waals surface area (Å²) in [6.07, 6.45) is -2.69. The summed E-state index contributed by atoms with van der Waals surface area (Å²) in [5.41, 5.74) is 0.636. The monoisotopic (exact) mass is 523 g/mol. The largest absolute Gasteiger partial charge is 0.416 e. The molecule has 1 aromatic heterocycles. The lowest BCUT2D eigenvalue weighted by Crippen LogP contribution is -2.37. The van der Waals surface area contributed by atoms with E-state index in [1.165, 1.54) is 28.4 Å². The number of aliphatic hydroxyl groups excluding tert-OH is 1. The van der Waals surface area contributed by atoms with E-state index in [1.807, 2.05) is 6.07 Å². The molecule has 0 unspecified atom stereocenters. The van der Waals surface area contributed by atoms with Crippen LogP contribution in [0, 0.1) is 0 Å². The molecule has 2 heterocycles. The van der Waals surface area contributed by atoms with Crippen LogP contribution < -0.4 is 4.90 Å². The topological polar surface area (TPSA) is 56.7 Å². The number of alkyl halides is 3. The van der Waals surface area contributed by atoms with Crippen LogP contribution in [-0.4, -0.2) is 46.6 Å². The van der Waals surface area contributed by atoms with Gasteiger partial charge >= 0.3 is 6.18 Å². The molecule has 4 rings (SSSR count). The lowest BCUT2D eigenvalue weighted by atomic mass is 10.1. The summed E-state index contributed by atoms with van der Waals surface area (Å²) < 4.78 is 40.1. The molecule has 3 aromatic rings. The van der Waals surface area contributed by atoms with Gasteiger partial charge in [-0.1, -0.05) is 29.8 Å². The molecule has 0 radical (unpaired) electrons. The summed E-state index contributed by atoms with van der Waals surface area (Å²) in [6, 6.07) is 11.8. The standard InChI is InChI=1S/C25H25ClF3N3O2S/c26-19-6-1-4-17(14-19)22-16-35-24(30-22)32(20-7-2-5-18(15-20)25(27,28)29)23(34)8-3-11-31-12-9-21(33)10-13-31/h1-2,4-7,14-16,21,33H,3,8-13H2. The summed E-state index contributed by atoms with van der Waals surface area (Å²) in [5, 5.41) is 12.3. The van der Waals surface area contributed by atoms with Crippen molar-refractivity contribution in [1.29, 1.82) is 0 Å². The summed E-state index contributed by atoms with van der Waals surface area (Å²) in [4.78, 5) is 21.4. The number of aromatic nitrogens is 1. The van der Waals surface area contributed by atoms with Gasteiger partial charge in [0.05, 0.1) is 23.0 Å². The molecule has 1 saturated heterocycles. The maximum atomic E-state index is 13.4. The van der Waals surface area contributed by atoms with Crippen LogP contribution in [0.1, 0.15) is 31.2 Å². The Morgan fingerprint density at radius 1 is 1.17 bits per heavy atom. The van der Waals surface area contributed by atoms with Crippen molar-refractivity contribution in [3.05, 3.63) is 64.5 Å². The first-order valence-electron chi connectivity index (χ1n) is 11.3. The van der Waals surface area contributed by atoms with Crippen LogP contribution in [0.25, 0.3) is 11.3 Å². The zero-order chi connectivity index (χ0) is 25.0. The summed E-state index contributed by atoms with van der Waals surface area (Å²) in [6.45, 7) is 2.21. The van der Waals surface area contributed by atoms with Crippen molar-refractivity contribution in [1.82, 2.24) is 9.88 Å². The van der Waals surface area contributed by atoms with E-state index >= 15 is 0 Å². The molecule has 1 fully saturated rings. The quantitative estimate of drug-likeness (QED) is 0.390. The number of carbonyl (C=O) groups excluding carboxylic acids is 1. The molecule has 0 aliphatic carbocycles. The van der Waals surface area contributed by atoms with Gasteiger partial charge in [-0.05, 0) is 56.1 Å². The molecule has 1 N–H and O–H groups in total. The Balaban J connectivity index is 1.57. The Bertz CT molecular complexity index is 1160. The minimum absolute atomic E-state index is 0.123. The Morgan fingerprint density at radius 2 is 1.91 bits per heavy atom. The maximum Gasteiger partial charge on any atom is 0.416 e. The van der Waals surface area contributed by atoms with Crippen molar-refractivity contribution in [2.75, 3.05) is 24.5 Å². The molecule has 0 atom stereocenters. The lowest BCUT2D eigenvalue weighted by molar-refractivity contribution is -0.137. The zero-order valence-corrected chi connectivity index (χ0v) is 20.4. The number of nitrogens with zero attached hydrogens (tertiary/aromatic N) is 3. The van der Waals surface area contributed by atoms with Crippen molar-refractivity contribution in [2.45, 2.75) is 38.0 Å².